The number of aliphatic carboxylic acids is 1. The van der Waals surface area contributed by atoms with Gasteiger partial charge in [-0.1, -0.05) is 24.3 Å². The van der Waals surface area contributed by atoms with Crippen LogP contribution in [0.4, 0.5) is 0 Å². The van der Waals surface area contributed by atoms with Gasteiger partial charge in [0.05, 0.1) is 5.56 Å². The number of hydrogen-bond donors (Lipinski definition) is 1. The summed E-state index contributed by atoms with van der Waals surface area (Å²) < 4.78 is 0. The zero-order chi connectivity index (χ0) is 16.7. The summed E-state index contributed by atoms with van der Waals surface area (Å²) in [6, 6.07) is 7.02. The van der Waals surface area contributed by atoms with Crippen LogP contribution in [0.1, 0.15) is 44.8 Å². The quantitative estimate of drug-likeness (QED) is 0.912. The lowest BCUT2D eigenvalue weighted by Crippen LogP contribution is -2.48. The van der Waals surface area contributed by atoms with Crippen molar-refractivity contribution in [2.24, 2.45) is 0 Å². The summed E-state index contributed by atoms with van der Waals surface area (Å²) >= 11 is 1.64. The summed E-state index contributed by atoms with van der Waals surface area (Å²) in [7, 11) is 0. The predicted molar refractivity (Wildman–Crippen MR) is 92.4 cm³/mol. The van der Waals surface area contributed by atoms with Crippen LogP contribution in [0.25, 0.3) is 0 Å². The Balaban J connectivity index is 1.70. The van der Waals surface area contributed by atoms with E-state index in [9.17, 15) is 14.7 Å². The van der Waals surface area contributed by atoms with E-state index < -0.39 is 12.0 Å². The minimum Gasteiger partial charge on any atom is -0.480 e. The highest BCUT2D eigenvalue weighted by Crippen LogP contribution is 2.33. The van der Waals surface area contributed by atoms with E-state index in [1.54, 1.807) is 16.2 Å². The SMILES string of the molecule is O=C(O)C1Cc2ccccc2CN1C(=O)c1csc2c1CCCC2. The van der Waals surface area contributed by atoms with Gasteiger partial charge >= 0.3 is 5.97 Å². The Morgan fingerprint density at radius 3 is 2.67 bits per heavy atom. The molecule has 1 aliphatic heterocycles. The van der Waals surface area contributed by atoms with Gasteiger partial charge in [-0.3, -0.25) is 4.79 Å². The maximum Gasteiger partial charge on any atom is 0.326 e. The van der Waals surface area contributed by atoms with Crippen molar-refractivity contribution >= 4 is 23.2 Å². The predicted octanol–water partition coefficient (Wildman–Crippen LogP) is 3.28. The van der Waals surface area contributed by atoms with Crippen molar-refractivity contribution in [2.45, 2.75) is 44.7 Å². The number of carboxylic acid groups (broad SMARTS) is 1. The van der Waals surface area contributed by atoms with Crippen molar-refractivity contribution in [1.29, 1.82) is 0 Å². The van der Waals surface area contributed by atoms with E-state index in [4.69, 9.17) is 0 Å². The number of aryl methyl sites for hydroxylation is 1. The second-order valence-corrected chi connectivity index (χ2v) is 7.48. The molecule has 5 heteroatoms. The van der Waals surface area contributed by atoms with E-state index in [2.05, 4.69) is 0 Å². The Bertz CT molecular complexity index is 811. The number of thiophene rings is 1. The molecule has 1 aromatic heterocycles. The van der Waals surface area contributed by atoms with Crippen molar-refractivity contribution in [3.05, 3.63) is 56.8 Å². The monoisotopic (exact) mass is 341 g/mol. The van der Waals surface area contributed by atoms with Crippen LogP contribution in [-0.4, -0.2) is 27.9 Å². The first-order valence-corrected chi connectivity index (χ1v) is 9.23. The van der Waals surface area contributed by atoms with Gasteiger partial charge in [-0.2, -0.15) is 0 Å². The molecule has 1 amide bonds. The Hall–Kier alpha value is -2.14. The molecule has 1 aliphatic carbocycles. The number of amides is 1. The van der Waals surface area contributed by atoms with Crippen LogP contribution in [0.5, 0.6) is 0 Å². The second-order valence-electron chi connectivity index (χ2n) is 6.52. The topological polar surface area (TPSA) is 57.6 Å². The molecule has 1 N–H and O–H groups in total. The summed E-state index contributed by atoms with van der Waals surface area (Å²) in [6.07, 6.45) is 4.63. The van der Waals surface area contributed by atoms with Crippen LogP contribution in [0.3, 0.4) is 0 Å². The minimum atomic E-state index is -0.929. The van der Waals surface area contributed by atoms with E-state index >= 15 is 0 Å². The molecule has 2 aromatic rings. The molecule has 0 spiro atoms. The summed E-state index contributed by atoms with van der Waals surface area (Å²) in [5, 5.41) is 11.6. The maximum absolute atomic E-state index is 13.1. The summed E-state index contributed by atoms with van der Waals surface area (Å²) in [4.78, 5) is 27.7. The van der Waals surface area contributed by atoms with Crippen LogP contribution < -0.4 is 0 Å². The van der Waals surface area contributed by atoms with Crippen molar-refractivity contribution in [3.8, 4) is 0 Å². The normalized spacial score (nSPS) is 19.5. The average Bonchev–Trinajstić information content (AvgIpc) is 3.04. The summed E-state index contributed by atoms with van der Waals surface area (Å²) in [5.41, 5.74) is 3.95. The van der Waals surface area contributed by atoms with Crippen molar-refractivity contribution in [2.75, 3.05) is 0 Å². The molecule has 0 bridgehead atoms. The molecule has 4 rings (SSSR count). The van der Waals surface area contributed by atoms with Gasteiger partial charge in [0.1, 0.15) is 6.04 Å². The lowest BCUT2D eigenvalue weighted by atomic mass is 9.91. The van der Waals surface area contributed by atoms with Gasteiger partial charge in [0, 0.05) is 23.2 Å². The fraction of sp³-hybridized carbons (Fsp3) is 0.368. The van der Waals surface area contributed by atoms with Crippen molar-refractivity contribution in [3.63, 3.8) is 0 Å². The zero-order valence-electron chi connectivity index (χ0n) is 13.3. The van der Waals surface area contributed by atoms with Crippen LogP contribution in [-0.2, 0) is 30.6 Å². The van der Waals surface area contributed by atoms with E-state index in [-0.39, 0.29) is 5.91 Å². The van der Waals surface area contributed by atoms with Crippen LogP contribution >= 0.6 is 11.3 Å². The smallest absolute Gasteiger partial charge is 0.326 e. The van der Waals surface area contributed by atoms with E-state index in [0.717, 1.165) is 41.5 Å². The highest BCUT2D eigenvalue weighted by Gasteiger charge is 2.36. The number of nitrogens with zero attached hydrogens (tertiary/aromatic N) is 1. The molecule has 1 aromatic carbocycles. The van der Waals surface area contributed by atoms with Gasteiger partial charge in [0.15, 0.2) is 0 Å². The number of rotatable bonds is 2. The van der Waals surface area contributed by atoms with Crippen LogP contribution in [0, 0.1) is 0 Å². The first kappa shape index (κ1) is 15.4. The molecular formula is C19H19NO3S. The Morgan fingerprint density at radius 2 is 1.88 bits per heavy atom. The Kier molecular flexibility index (Phi) is 3.88. The molecule has 4 nitrogen and oxygen atoms in total. The van der Waals surface area contributed by atoms with E-state index in [1.165, 1.54) is 11.3 Å². The fourth-order valence-electron chi connectivity index (χ4n) is 3.79. The number of carbonyl (C=O) groups excluding carboxylic acids is 1. The van der Waals surface area contributed by atoms with Gasteiger partial charge in [0.25, 0.3) is 5.91 Å². The molecule has 0 radical (unpaired) electrons. The first-order valence-electron chi connectivity index (χ1n) is 8.35. The second kappa shape index (κ2) is 6.06. The lowest BCUT2D eigenvalue weighted by Gasteiger charge is -2.34. The molecular weight excluding hydrogens is 322 g/mol. The third-order valence-corrected chi connectivity index (χ3v) is 6.17. The molecule has 2 aliphatic rings. The van der Waals surface area contributed by atoms with Crippen molar-refractivity contribution < 1.29 is 14.7 Å². The molecule has 2 heterocycles. The van der Waals surface area contributed by atoms with E-state index in [0.29, 0.717) is 13.0 Å². The third-order valence-electron chi connectivity index (χ3n) is 5.09. The Morgan fingerprint density at radius 1 is 1.12 bits per heavy atom. The van der Waals surface area contributed by atoms with E-state index in [1.807, 2.05) is 29.6 Å². The van der Waals surface area contributed by atoms with Gasteiger partial charge < -0.3 is 10.0 Å². The highest BCUT2D eigenvalue weighted by molar-refractivity contribution is 7.10. The molecule has 0 saturated heterocycles. The summed E-state index contributed by atoms with van der Waals surface area (Å²) in [5.74, 6) is -1.06. The molecule has 24 heavy (non-hydrogen) atoms. The maximum atomic E-state index is 13.1. The summed E-state index contributed by atoms with van der Waals surface area (Å²) in [6.45, 7) is 0.372. The number of hydrogen-bond acceptors (Lipinski definition) is 3. The van der Waals surface area contributed by atoms with Gasteiger partial charge in [-0.25, -0.2) is 4.79 Å². The first-order chi connectivity index (χ1) is 11.6. The number of benzene rings is 1. The average molecular weight is 341 g/mol. The van der Waals surface area contributed by atoms with Crippen molar-refractivity contribution in [1.82, 2.24) is 4.90 Å². The number of carbonyl (C=O) groups is 2. The number of fused-ring (bicyclic) bond motifs is 2. The van der Waals surface area contributed by atoms with Crippen LogP contribution in [0.15, 0.2) is 29.6 Å². The molecule has 124 valence electrons. The molecule has 1 atom stereocenters. The molecule has 0 fully saturated rings. The lowest BCUT2D eigenvalue weighted by molar-refractivity contribution is -0.142. The van der Waals surface area contributed by atoms with Gasteiger partial charge in [-0.05, 0) is 42.4 Å². The molecule has 1 unspecified atom stereocenters. The minimum absolute atomic E-state index is 0.128. The van der Waals surface area contributed by atoms with Gasteiger partial charge in [-0.15, -0.1) is 11.3 Å². The highest BCUT2D eigenvalue weighted by atomic mass is 32.1. The third kappa shape index (κ3) is 2.53. The largest absolute Gasteiger partial charge is 0.480 e. The Labute approximate surface area is 144 Å². The zero-order valence-corrected chi connectivity index (χ0v) is 14.1. The fourth-order valence-corrected chi connectivity index (χ4v) is 4.90. The van der Waals surface area contributed by atoms with Crippen LogP contribution in [0.2, 0.25) is 0 Å². The molecule has 0 saturated carbocycles. The van der Waals surface area contributed by atoms with Gasteiger partial charge in [0.2, 0.25) is 0 Å². The standard InChI is InChI=1S/C19H19NO3S/c21-18(15-11-24-17-8-4-3-7-14(15)17)20-10-13-6-2-1-5-12(13)9-16(20)19(22)23/h1-2,5-6,11,16H,3-4,7-10H2,(H,22,23). The number of carboxylic acids is 1.